The van der Waals surface area contributed by atoms with E-state index in [1.54, 1.807) is 7.11 Å². The molecule has 0 aliphatic heterocycles. The molecule has 3 unspecified atom stereocenters. The zero-order valence-corrected chi connectivity index (χ0v) is 11.9. The molecule has 0 amide bonds. The van der Waals surface area contributed by atoms with E-state index in [1.807, 2.05) is 25.1 Å². The van der Waals surface area contributed by atoms with Crippen molar-refractivity contribution in [3.63, 3.8) is 0 Å². The Kier molecular flexibility index (Phi) is 4.66. The summed E-state index contributed by atoms with van der Waals surface area (Å²) in [5.41, 5.74) is 7.11. The summed E-state index contributed by atoms with van der Waals surface area (Å²) in [6.45, 7) is 4.84. The fourth-order valence-electron chi connectivity index (χ4n) is 2.25. The molecule has 1 aliphatic carbocycles. The minimum atomic E-state index is -0.00837. The van der Waals surface area contributed by atoms with Crippen LogP contribution in [-0.2, 0) is 4.74 Å². The quantitative estimate of drug-likeness (QED) is 0.857. The smallest absolute Gasteiger partial charge is 0.161 e. The highest BCUT2D eigenvalue weighted by Crippen LogP contribution is 2.33. The third-order valence-corrected chi connectivity index (χ3v) is 3.40. The van der Waals surface area contributed by atoms with Crippen LogP contribution in [0.3, 0.4) is 0 Å². The Morgan fingerprint density at radius 3 is 2.74 bits per heavy atom. The molecule has 0 radical (unpaired) electrons. The molecule has 0 aromatic heterocycles. The average Bonchev–Trinajstić information content (AvgIpc) is 2.40. The van der Waals surface area contributed by atoms with Gasteiger partial charge in [0.25, 0.3) is 0 Å². The van der Waals surface area contributed by atoms with Crippen molar-refractivity contribution in [3.8, 4) is 11.5 Å². The molecule has 1 fully saturated rings. The molecule has 4 nitrogen and oxygen atoms in total. The number of rotatable bonds is 6. The summed E-state index contributed by atoms with van der Waals surface area (Å²) in [6, 6.07) is 6.00. The third-order valence-electron chi connectivity index (χ3n) is 3.40. The predicted octanol–water partition coefficient (Wildman–Crippen LogP) is 2.28. The highest BCUT2D eigenvalue weighted by Gasteiger charge is 2.41. The van der Waals surface area contributed by atoms with E-state index < -0.39 is 0 Å². The Morgan fingerprint density at radius 2 is 2.11 bits per heavy atom. The van der Waals surface area contributed by atoms with Gasteiger partial charge in [0.2, 0.25) is 0 Å². The molecule has 1 aliphatic rings. The van der Waals surface area contributed by atoms with Crippen LogP contribution >= 0.6 is 0 Å². The van der Waals surface area contributed by atoms with Crippen LogP contribution in [0.15, 0.2) is 18.2 Å². The first-order valence-electron chi connectivity index (χ1n) is 6.84. The van der Waals surface area contributed by atoms with Crippen molar-refractivity contribution in [1.82, 2.24) is 0 Å². The maximum atomic E-state index is 5.98. The Labute approximate surface area is 114 Å². The zero-order valence-electron chi connectivity index (χ0n) is 11.9. The van der Waals surface area contributed by atoms with Crippen molar-refractivity contribution in [3.05, 3.63) is 23.8 Å². The lowest BCUT2D eigenvalue weighted by Gasteiger charge is -2.41. The molecule has 19 heavy (non-hydrogen) atoms. The molecule has 1 saturated carbocycles. The van der Waals surface area contributed by atoms with Gasteiger partial charge in [-0.3, -0.25) is 0 Å². The largest absolute Gasteiger partial charge is 0.493 e. The van der Waals surface area contributed by atoms with Gasteiger partial charge in [-0.25, -0.2) is 0 Å². The summed E-state index contributed by atoms with van der Waals surface area (Å²) in [5.74, 6) is 1.52. The number of ether oxygens (including phenoxy) is 3. The second-order valence-electron chi connectivity index (χ2n) is 5.05. The Balaban J connectivity index is 2.01. The van der Waals surface area contributed by atoms with Gasteiger partial charge in [-0.05, 0) is 31.0 Å². The van der Waals surface area contributed by atoms with Crippen LogP contribution in [0, 0.1) is 6.92 Å². The van der Waals surface area contributed by atoms with Gasteiger partial charge in [0, 0.05) is 19.1 Å². The van der Waals surface area contributed by atoms with Gasteiger partial charge >= 0.3 is 0 Å². The van der Waals surface area contributed by atoms with Crippen LogP contribution in [0.1, 0.15) is 25.3 Å². The molecule has 0 heterocycles. The molecule has 106 valence electrons. The molecule has 0 spiro atoms. The van der Waals surface area contributed by atoms with Crippen molar-refractivity contribution in [1.29, 1.82) is 0 Å². The van der Waals surface area contributed by atoms with E-state index in [0.717, 1.165) is 36.5 Å². The molecule has 1 aromatic rings. The molecule has 0 saturated heterocycles. The molecular weight excluding hydrogens is 242 g/mol. The molecule has 0 bridgehead atoms. The predicted molar refractivity (Wildman–Crippen MR) is 74.8 cm³/mol. The van der Waals surface area contributed by atoms with Crippen molar-refractivity contribution in [2.24, 2.45) is 5.73 Å². The fourth-order valence-corrected chi connectivity index (χ4v) is 2.25. The minimum Gasteiger partial charge on any atom is -0.493 e. The van der Waals surface area contributed by atoms with E-state index in [-0.39, 0.29) is 18.2 Å². The van der Waals surface area contributed by atoms with Gasteiger partial charge in [-0.2, -0.15) is 0 Å². The topological polar surface area (TPSA) is 53.7 Å². The fraction of sp³-hybridized carbons (Fsp3) is 0.600. The van der Waals surface area contributed by atoms with Crippen LogP contribution < -0.4 is 15.2 Å². The van der Waals surface area contributed by atoms with Gasteiger partial charge in [-0.15, -0.1) is 0 Å². The van der Waals surface area contributed by atoms with Crippen molar-refractivity contribution in [2.75, 3.05) is 13.7 Å². The van der Waals surface area contributed by atoms with Gasteiger partial charge in [0.1, 0.15) is 12.2 Å². The van der Waals surface area contributed by atoms with E-state index in [2.05, 4.69) is 6.92 Å². The second kappa shape index (κ2) is 6.26. The highest BCUT2D eigenvalue weighted by atomic mass is 16.6. The maximum absolute atomic E-state index is 5.98. The number of aryl methyl sites for hydroxylation is 1. The lowest BCUT2D eigenvalue weighted by molar-refractivity contribution is -0.0985. The second-order valence-corrected chi connectivity index (χ2v) is 5.05. The Bertz CT molecular complexity index is 422. The summed E-state index contributed by atoms with van der Waals surface area (Å²) in [6.07, 6.45) is 1.83. The molecule has 4 heteroatoms. The number of methoxy groups -OCH3 is 1. The minimum absolute atomic E-state index is 0.00837. The Hall–Kier alpha value is -1.26. The molecule has 2 N–H and O–H groups in total. The third kappa shape index (κ3) is 3.19. The van der Waals surface area contributed by atoms with Gasteiger partial charge < -0.3 is 19.9 Å². The summed E-state index contributed by atoms with van der Waals surface area (Å²) in [4.78, 5) is 0. The summed E-state index contributed by atoms with van der Waals surface area (Å²) in [5, 5.41) is 0. The van der Waals surface area contributed by atoms with E-state index >= 15 is 0 Å². The first-order chi connectivity index (χ1) is 9.15. The van der Waals surface area contributed by atoms with Crippen molar-refractivity contribution >= 4 is 0 Å². The first-order valence-corrected chi connectivity index (χ1v) is 6.84. The standard InChI is InChI=1S/C15H23NO3/c1-4-7-18-15-11(16)9-14(15)19-12-6-5-10(2)8-13(12)17-3/h5-6,8,11,14-15H,4,7,9,16H2,1-3H3. The molecule has 2 rings (SSSR count). The van der Waals surface area contributed by atoms with Gasteiger partial charge in [0.05, 0.1) is 7.11 Å². The normalized spacial score (nSPS) is 25.8. The molecule has 3 atom stereocenters. The van der Waals surface area contributed by atoms with Crippen LogP contribution in [-0.4, -0.2) is 32.0 Å². The SMILES string of the molecule is CCCOC1C(N)CC1Oc1ccc(C)cc1OC. The van der Waals surface area contributed by atoms with E-state index in [4.69, 9.17) is 19.9 Å². The van der Waals surface area contributed by atoms with Gasteiger partial charge in [-0.1, -0.05) is 13.0 Å². The number of benzene rings is 1. The number of nitrogens with two attached hydrogens (primary N) is 1. The molecule has 1 aromatic carbocycles. The van der Waals surface area contributed by atoms with Crippen molar-refractivity contribution < 1.29 is 14.2 Å². The van der Waals surface area contributed by atoms with E-state index in [1.165, 1.54) is 0 Å². The monoisotopic (exact) mass is 265 g/mol. The van der Waals surface area contributed by atoms with Crippen LogP contribution in [0.25, 0.3) is 0 Å². The van der Waals surface area contributed by atoms with Crippen LogP contribution in [0.4, 0.5) is 0 Å². The number of hydrogen-bond acceptors (Lipinski definition) is 4. The van der Waals surface area contributed by atoms with E-state index in [9.17, 15) is 0 Å². The van der Waals surface area contributed by atoms with E-state index in [0.29, 0.717) is 0 Å². The summed E-state index contributed by atoms with van der Waals surface area (Å²) < 4.78 is 17.0. The molecular formula is C15H23NO3. The Morgan fingerprint density at radius 1 is 1.32 bits per heavy atom. The van der Waals surface area contributed by atoms with Gasteiger partial charge in [0.15, 0.2) is 11.5 Å². The maximum Gasteiger partial charge on any atom is 0.161 e. The first kappa shape index (κ1) is 14.2. The highest BCUT2D eigenvalue weighted by molar-refractivity contribution is 5.42. The van der Waals surface area contributed by atoms with Crippen molar-refractivity contribution in [2.45, 2.75) is 44.9 Å². The lowest BCUT2D eigenvalue weighted by atomic mass is 9.86. The summed E-state index contributed by atoms with van der Waals surface area (Å²) in [7, 11) is 1.65. The van der Waals surface area contributed by atoms with Crippen LogP contribution in [0.5, 0.6) is 11.5 Å². The van der Waals surface area contributed by atoms with Crippen LogP contribution in [0.2, 0.25) is 0 Å². The number of hydrogen-bond donors (Lipinski definition) is 1. The average molecular weight is 265 g/mol. The lowest BCUT2D eigenvalue weighted by Crippen LogP contribution is -2.59. The zero-order chi connectivity index (χ0) is 13.8. The summed E-state index contributed by atoms with van der Waals surface area (Å²) >= 11 is 0.